The van der Waals surface area contributed by atoms with E-state index < -0.39 is 24.0 Å². The SMILES string of the molecule is Cn1cnc2c(N3C(=O)CSC3=NC(=O)Nc3ccc(-c4ncn(-c5ccc(OC(F)(F)F)cc5)n4)cc3F)cccc21. The summed E-state index contributed by atoms with van der Waals surface area (Å²) >= 11 is 1.08. The van der Waals surface area contributed by atoms with E-state index in [0.29, 0.717) is 16.9 Å². The molecule has 1 N–H and O–H groups in total. The number of halogens is 4. The number of rotatable bonds is 5. The summed E-state index contributed by atoms with van der Waals surface area (Å²) in [4.78, 5) is 39.3. The summed E-state index contributed by atoms with van der Waals surface area (Å²) < 4.78 is 59.1. The van der Waals surface area contributed by atoms with Crippen molar-refractivity contribution in [3.8, 4) is 22.8 Å². The number of aryl methyl sites for hydroxylation is 1. The first-order chi connectivity index (χ1) is 20.6. The predicted octanol–water partition coefficient (Wildman–Crippen LogP) is 5.53. The van der Waals surface area contributed by atoms with Crippen LogP contribution in [0.4, 0.5) is 33.7 Å². The highest BCUT2D eigenvalue weighted by Crippen LogP contribution is 2.32. The molecule has 0 radical (unpaired) electrons. The molecule has 6 rings (SSSR count). The fourth-order valence-electron chi connectivity index (χ4n) is 4.31. The van der Waals surface area contributed by atoms with Crippen LogP contribution < -0.4 is 15.0 Å². The molecule has 3 amide bonds. The second-order valence-corrected chi connectivity index (χ2v) is 10.0. The lowest BCUT2D eigenvalue weighted by Gasteiger charge is -2.16. The van der Waals surface area contributed by atoms with Crippen LogP contribution in [0, 0.1) is 5.82 Å². The number of benzene rings is 3. The second kappa shape index (κ2) is 10.9. The summed E-state index contributed by atoms with van der Waals surface area (Å²) in [5, 5.41) is 6.76. The van der Waals surface area contributed by atoms with Crippen LogP contribution in [0.25, 0.3) is 28.1 Å². The minimum atomic E-state index is -4.81. The number of nitrogens with one attached hydrogen (secondary N) is 1. The van der Waals surface area contributed by atoms with Gasteiger partial charge in [-0.15, -0.1) is 18.3 Å². The Morgan fingerprint density at radius 1 is 1.07 bits per heavy atom. The van der Waals surface area contributed by atoms with Crippen LogP contribution in [-0.4, -0.2) is 53.5 Å². The predicted molar refractivity (Wildman–Crippen MR) is 151 cm³/mol. The zero-order valence-corrected chi connectivity index (χ0v) is 22.7. The van der Waals surface area contributed by atoms with Gasteiger partial charge in [0.25, 0.3) is 0 Å². The fraction of sp³-hybridized carbons (Fsp3) is 0.111. The highest BCUT2D eigenvalue weighted by atomic mass is 32.2. The van der Waals surface area contributed by atoms with E-state index in [4.69, 9.17) is 0 Å². The average Bonchev–Trinajstić information content (AvgIpc) is 3.69. The smallest absolute Gasteiger partial charge is 0.406 e. The molecule has 3 aromatic carbocycles. The molecule has 5 aromatic rings. The number of aromatic nitrogens is 5. The van der Waals surface area contributed by atoms with Crippen molar-refractivity contribution >= 4 is 51.3 Å². The normalized spacial score (nSPS) is 14.6. The van der Waals surface area contributed by atoms with Gasteiger partial charge in [0.15, 0.2) is 11.0 Å². The van der Waals surface area contributed by atoms with Crippen LogP contribution in [0.3, 0.4) is 0 Å². The molecule has 0 saturated carbocycles. The number of hydrogen-bond donors (Lipinski definition) is 1. The number of imidazole rings is 1. The molecule has 218 valence electrons. The van der Waals surface area contributed by atoms with Gasteiger partial charge in [0.05, 0.1) is 34.7 Å². The number of urea groups is 1. The van der Waals surface area contributed by atoms with Crippen LogP contribution in [0.2, 0.25) is 0 Å². The van der Waals surface area contributed by atoms with Gasteiger partial charge in [-0.2, -0.15) is 4.99 Å². The number of aliphatic imine (C=N–C) groups is 1. The molecule has 3 heterocycles. The molecule has 1 fully saturated rings. The number of anilines is 2. The standard InChI is InChI=1S/C27H18F4N8O3S/c1-37-13-32-23-20(37)3-2-4-21(23)39-22(40)12-43-26(39)35-25(41)34-19-10-5-15(11-18(19)28)24-33-14-38(36-24)16-6-8-17(9-7-16)42-27(29,30)31/h2-11,13-14H,12H2,1H3,(H,34,41). The number of nitrogens with zero attached hydrogens (tertiary/aromatic N) is 7. The molecule has 0 atom stereocenters. The molecule has 1 aliphatic heterocycles. The van der Waals surface area contributed by atoms with Crippen molar-refractivity contribution in [1.29, 1.82) is 0 Å². The van der Waals surface area contributed by atoms with Crippen molar-refractivity contribution in [2.45, 2.75) is 6.36 Å². The Hall–Kier alpha value is -5.25. The van der Waals surface area contributed by atoms with E-state index in [1.54, 1.807) is 23.0 Å². The van der Waals surface area contributed by atoms with Crippen LogP contribution in [0.5, 0.6) is 5.75 Å². The van der Waals surface area contributed by atoms with E-state index >= 15 is 0 Å². The number of amides is 3. The molecule has 2 aromatic heterocycles. The lowest BCUT2D eigenvalue weighted by Crippen LogP contribution is -2.30. The summed E-state index contributed by atoms with van der Waals surface area (Å²) in [6.45, 7) is 0. The highest BCUT2D eigenvalue weighted by Gasteiger charge is 2.33. The van der Waals surface area contributed by atoms with Gasteiger partial charge in [-0.1, -0.05) is 17.8 Å². The van der Waals surface area contributed by atoms with Crippen molar-refractivity contribution in [2.24, 2.45) is 12.0 Å². The number of thioether (sulfide) groups is 1. The van der Waals surface area contributed by atoms with Crippen molar-refractivity contribution in [3.05, 3.63) is 79.1 Å². The maximum absolute atomic E-state index is 15.0. The average molecular weight is 611 g/mol. The van der Waals surface area contributed by atoms with Crippen molar-refractivity contribution in [1.82, 2.24) is 24.3 Å². The number of alkyl halides is 3. The Bertz CT molecular complexity index is 1900. The monoisotopic (exact) mass is 610 g/mol. The molecule has 0 bridgehead atoms. The minimum absolute atomic E-state index is 0.0729. The van der Waals surface area contributed by atoms with Crippen molar-refractivity contribution in [2.75, 3.05) is 16.0 Å². The number of para-hydroxylation sites is 1. The molecule has 11 nitrogen and oxygen atoms in total. The number of ether oxygens (including phenoxy) is 1. The summed E-state index contributed by atoms with van der Waals surface area (Å²) in [7, 11) is 1.82. The molecule has 0 aliphatic carbocycles. The van der Waals surface area contributed by atoms with Crippen LogP contribution in [-0.2, 0) is 11.8 Å². The van der Waals surface area contributed by atoms with Gasteiger partial charge in [0.1, 0.15) is 23.4 Å². The first kappa shape index (κ1) is 27.9. The van der Waals surface area contributed by atoms with Crippen LogP contribution >= 0.6 is 11.8 Å². The van der Waals surface area contributed by atoms with E-state index in [1.165, 1.54) is 40.2 Å². The van der Waals surface area contributed by atoms with Crippen molar-refractivity contribution < 1.29 is 31.9 Å². The molecular formula is C27H18F4N8O3S. The van der Waals surface area contributed by atoms with E-state index in [0.717, 1.165) is 35.5 Å². The molecule has 0 spiro atoms. The fourth-order valence-corrected chi connectivity index (χ4v) is 5.17. The summed E-state index contributed by atoms with van der Waals surface area (Å²) in [5.41, 5.74) is 2.36. The Kier molecular flexibility index (Phi) is 7.05. The Balaban J connectivity index is 1.17. The van der Waals surface area contributed by atoms with Gasteiger partial charge in [-0.3, -0.25) is 9.69 Å². The molecule has 1 aliphatic rings. The molecule has 0 unspecified atom stereocenters. The van der Waals surface area contributed by atoms with Crippen LogP contribution in [0.15, 0.2) is 78.3 Å². The van der Waals surface area contributed by atoms with Gasteiger partial charge < -0.3 is 14.6 Å². The van der Waals surface area contributed by atoms with E-state index in [-0.39, 0.29) is 33.9 Å². The van der Waals surface area contributed by atoms with E-state index in [2.05, 4.69) is 30.1 Å². The second-order valence-electron chi connectivity index (χ2n) is 9.09. The Morgan fingerprint density at radius 2 is 1.86 bits per heavy atom. The first-order valence-electron chi connectivity index (χ1n) is 12.4. The Morgan fingerprint density at radius 3 is 2.60 bits per heavy atom. The van der Waals surface area contributed by atoms with Crippen molar-refractivity contribution in [3.63, 3.8) is 0 Å². The van der Waals surface area contributed by atoms with E-state index in [9.17, 15) is 27.2 Å². The third-order valence-electron chi connectivity index (χ3n) is 6.23. The molecular weight excluding hydrogens is 592 g/mol. The van der Waals surface area contributed by atoms with Gasteiger partial charge in [0, 0.05) is 12.6 Å². The number of carbonyl (C=O) groups excluding carboxylic acids is 2. The van der Waals surface area contributed by atoms with Gasteiger partial charge in [0.2, 0.25) is 5.91 Å². The third kappa shape index (κ3) is 5.76. The number of carbonyl (C=O) groups is 2. The zero-order chi connectivity index (χ0) is 30.3. The van der Waals surface area contributed by atoms with Gasteiger partial charge in [-0.05, 0) is 54.6 Å². The third-order valence-corrected chi connectivity index (χ3v) is 7.16. The number of fused-ring (bicyclic) bond motifs is 1. The quantitative estimate of drug-likeness (QED) is 0.260. The lowest BCUT2D eigenvalue weighted by molar-refractivity contribution is -0.274. The van der Waals surface area contributed by atoms with Crippen LogP contribution in [0.1, 0.15) is 0 Å². The summed E-state index contributed by atoms with van der Waals surface area (Å²) in [5.74, 6) is -1.25. The number of amidine groups is 1. The molecule has 16 heteroatoms. The molecule has 1 saturated heterocycles. The Labute approximate surface area is 243 Å². The van der Waals surface area contributed by atoms with Gasteiger partial charge in [-0.25, -0.2) is 23.8 Å². The van der Waals surface area contributed by atoms with E-state index in [1.807, 2.05) is 13.1 Å². The maximum Gasteiger partial charge on any atom is 0.573 e. The summed E-state index contributed by atoms with van der Waals surface area (Å²) in [6, 6.07) is 13.3. The maximum atomic E-state index is 15.0. The largest absolute Gasteiger partial charge is 0.573 e. The zero-order valence-electron chi connectivity index (χ0n) is 21.9. The molecule has 43 heavy (non-hydrogen) atoms. The topological polar surface area (TPSA) is 120 Å². The van der Waals surface area contributed by atoms with Gasteiger partial charge >= 0.3 is 12.4 Å². The summed E-state index contributed by atoms with van der Waals surface area (Å²) in [6.07, 6.45) is -1.88. The lowest BCUT2D eigenvalue weighted by atomic mass is 10.2. The first-order valence-corrected chi connectivity index (χ1v) is 13.4. The number of hydrogen-bond acceptors (Lipinski definition) is 7. The highest BCUT2D eigenvalue weighted by molar-refractivity contribution is 8.15. The minimum Gasteiger partial charge on any atom is -0.406 e.